The summed E-state index contributed by atoms with van der Waals surface area (Å²) >= 11 is 0. The van der Waals surface area contributed by atoms with Crippen LogP contribution in [-0.2, 0) is 13.6 Å². The smallest absolute Gasteiger partial charge is 0.332 e. The summed E-state index contributed by atoms with van der Waals surface area (Å²) in [6.07, 6.45) is 1.78. The van der Waals surface area contributed by atoms with E-state index in [1.54, 1.807) is 24.0 Å². The number of hydrogen-bond acceptors (Lipinski definition) is 7. The summed E-state index contributed by atoms with van der Waals surface area (Å²) in [6.45, 7) is 1.83. The number of rotatable bonds is 4. The Hall–Kier alpha value is -2.71. The molecule has 0 spiro atoms. The minimum Gasteiger partial charge on any atom is -0.368 e. The molecule has 2 heterocycles. The topological polar surface area (TPSA) is 125 Å². The van der Waals surface area contributed by atoms with Gasteiger partial charge in [-0.05, 0) is 13.0 Å². The summed E-state index contributed by atoms with van der Waals surface area (Å²) < 4.78 is 1.64. The number of aromatic nitrogens is 4. The quantitative estimate of drug-likeness (QED) is 0.611. The van der Waals surface area contributed by atoms with E-state index < -0.39 is 4.92 Å². The molecule has 0 saturated heterocycles. The summed E-state index contributed by atoms with van der Waals surface area (Å²) in [6, 6.07) is 1.80. The molecule has 0 unspecified atom stereocenters. The molecule has 0 atom stereocenters. The van der Waals surface area contributed by atoms with Gasteiger partial charge >= 0.3 is 5.69 Å². The molecule has 0 bridgehead atoms. The summed E-state index contributed by atoms with van der Waals surface area (Å²) in [5.74, 6) is 0.0901. The fraction of sp³-hybridized carbons (Fsp3) is 0.300. The molecule has 9 nitrogen and oxygen atoms in total. The first-order chi connectivity index (χ1) is 8.97. The number of aryl methyl sites for hydroxylation is 2. The van der Waals surface area contributed by atoms with Gasteiger partial charge in [0.25, 0.3) is 0 Å². The van der Waals surface area contributed by atoms with E-state index in [0.717, 1.165) is 5.69 Å². The molecule has 100 valence electrons. The van der Waals surface area contributed by atoms with Gasteiger partial charge in [0, 0.05) is 13.2 Å². The maximum absolute atomic E-state index is 11.0. The van der Waals surface area contributed by atoms with Crippen molar-refractivity contribution in [2.45, 2.75) is 13.5 Å². The third-order valence-corrected chi connectivity index (χ3v) is 2.46. The maximum Gasteiger partial charge on any atom is 0.332 e. The van der Waals surface area contributed by atoms with Crippen LogP contribution in [0.15, 0.2) is 12.3 Å². The highest BCUT2D eigenvalue weighted by Crippen LogP contribution is 2.25. The third kappa shape index (κ3) is 2.76. The highest BCUT2D eigenvalue weighted by molar-refractivity contribution is 5.60. The minimum atomic E-state index is -0.532. The van der Waals surface area contributed by atoms with E-state index >= 15 is 0 Å². The second-order valence-corrected chi connectivity index (χ2v) is 3.96. The lowest BCUT2D eigenvalue weighted by Crippen LogP contribution is -2.10. The van der Waals surface area contributed by atoms with E-state index in [0.29, 0.717) is 6.54 Å². The first-order valence-corrected chi connectivity index (χ1v) is 5.48. The van der Waals surface area contributed by atoms with Crippen molar-refractivity contribution in [3.63, 3.8) is 0 Å². The molecule has 0 saturated carbocycles. The largest absolute Gasteiger partial charge is 0.368 e. The van der Waals surface area contributed by atoms with Crippen molar-refractivity contribution in [1.82, 2.24) is 19.7 Å². The Bertz CT molecular complexity index is 622. The van der Waals surface area contributed by atoms with Crippen LogP contribution < -0.4 is 11.1 Å². The van der Waals surface area contributed by atoms with Gasteiger partial charge in [-0.25, -0.2) is 4.98 Å². The zero-order chi connectivity index (χ0) is 14.0. The Balaban J connectivity index is 2.26. The zero-order valence-corrected chi connectivity index (χ0v) is 10.5. The summed E-state index contributed by atoms with van der Waals surface area (Å²) in [5.41, 5.74) is 6.29. The number of nitrogen functional groups attached to an aromatic ring is 1. The second kappa shape index (κ2) is 4.88. The molecule has 19 heavy (non-hydrogen) atoms. The number of hydrogen-bond donors (Lipinski definition) is 2. The normalized spacial score (nSPS) is 10.4. The monoisotopic (exact) mass is 263 g/mol. The molecule has 0 fully saturated rings. The molecule has 3 N–H and O–H groups in total. The molecular weight excluding hydrogens is 250 g/mol. The molecule has 0 aliphatic heterocycles. The maximum atomic E-state index is 11.0. The number of nitrogens with one attached hydrogen (secondary N) is 1. The second-order valence-electron chi connectivity index (χ2n) is 3.96. The number of nitro groups is 1. The molecular formula is C10H13N7O2. The predicted molar refractivity (Wildman–Crippen MR) is 68.4 cm³/mol. The molecule has 0 aromatic carbocycles. The van der Waals surface area contributed by atoms with Crippen LogP contribution in [0.4, 0.5) is 17.5 Å². The molecule has 0 aliphatic carbocycles. The third-order valence-electron chi connectivity index (χ3n) is 2.46. The first-order valence-electron chi connectivity index (χ1n) is 5.48. The number of nitrogens with two attached hydrogens (primary N) is 1. The van der Waals surface area contributed by atoms with E-state index in [9.17, 15) is 10.1 Å². The summed E-state index contributed by atoms with van der Waals surface area (Å²) in [4.78, 5) is 18.1. The van der Waals surface area contributed by atoms with Crippen molar-refractivity contribution in [3.8, 4) is 0 Å². The van der Waals surface area contributed by atoms with Crippen molar-refractivity contribution >= 4 is 17.5 Å². The molecule has 0 aliphatic rings. The van der Waals surface area contributed by atoms with E-state index in [1.807, 2.05) is 0 Å². The van der Waals surface area contributed by atoms with Crippen molar-refractivity contribution < 1.29 is 4.92 Å². The number of anilines is 2. The zero-order valence-electron chi connectivity index (χ0n) is 10.5. The van der Waals surface area contributed by atoms with Gasteiger partial charge in [-0.1, -0.05) is 0 Å². The van der Waals surface area contributed by atoms with Crippen molar-refractivity contribution in [3.05, 3.63) is 33.8 Å². The SMILES string of the molecule is Cc1nc(N)nc(NCc2ccn(C)n2)c1[N+](=O)[O-]. The Morgan fingerprint density at radius 2 is 2.26 bits per heavy atom. The molecule has 2 aromatic rings. The lowest BCUT2D eigenvalue weighted by atomic mass is 10.3. The Labute approximate surface area is 108 Å². The van der Waals surface area contributed by atoms with Crippen LogP contribution in [0.5, 0.6) is 0 Å². The first kappa shape index (κ1) is 12.7. The van der Waals surface area contributed by atoms with Gasteiger partial charge in [-0.3, -0.25) is 14.8 Å². The van der Waals surface area contributed by atoms with Crippen LogP contribution in [0.25, 0.3) is 0 Å². The van der Waals surface area contributed by atoms with Crippen LogP contribution in [0.1, 0.15) is 11.4 Å². The lowest BCUT2D eigenvalue weighted by Gasteiger charge is -2.06. The van der Waals surface area contributed by atoms with E-state index in [-0.39, 0.29) is 23.1 Å². The van der Waals surface area contributed by atoms with Crippen LogP contribution >= 0.6 is 0 Å². The average molecular weight is 263 g/mol. The highest BCUT2D eigenvalue weighted by Gasteiger charge is 2.21. The van der Waals surface area contributed by atoms with Crippen LogP contribution in [0, 0.1) is 17.0 Å². The van der Waals surface area contributed by atoms with Crippen molar-refractivity contribution in [1.29, 1.82) is 0 Å². The average Bonchev–Trinajstić information content (AvgIpc) is 2.71. The Morgan fingerprint density at radius 3 is 2.84 bits per heavy atom. The van der Waals surface area contributed by atoms with Gasteiger partial charge in [0.2, 0.25) is 11.8 Å². The number of nitrogens with zero attached hydrogens (tertiary/aromatic N) is 5. The predicted octanol–water partition coefficient (Wildman–Crippen LogP) is 0.621. The fourth-order valence-corrected chi connectivity index (χ4v) is 1.66. The fourth-order valence-electron chi connectivity index (χ4n) is 1.66. The van der Waals surface area contributed by atoms with Crippen molar-refractivity contribution in [2.24, 2.45) is 7.05 Å². The van der Waals surface area contributed by atoms with E-state index in [2.05, 4.69) is 20.4 Å². The minimum absolute atomic E-state index is 0.00776. The van der Waals surface area contributed by atoms with Crippen LogP contribution in [0.3, 0.4) is 0 Å². The van der Waals surface area contributed by atoms with Crippen molar-refractivity contribution in [2.75, 3.05) is 11.1 Å². The van der Waals surface area contributed by atoms with Gasteiger partial charge in [0.1, 0.15) is 5.69 Å². The lowest BCUT2D eigenvalue weighted by molar-refractivity contribution is -0.385. The van der Waals surface area contributed by atoms with Gasteiger partial charge in [-0.15, -0.1) is 0 Å². The molecule has 2 aromatic heterocycles. The van der Waals surface area contributed by atoms with E-state index in [1.165, 1.54) is 6.92 Å². The standard InChI is InChI=1S/C10H13N7O2/c1-6-8(17(18)19)9(14-10(11)13-6)12-5-7-3-4-16(2)15-7/h3-4H,5H2,1-2H3,(H3,11,12,13,14). The van der Waals surface area contributed by atoms with Gasteiger partial charge in [0.05, 0.1) is 17.2 Å². The van der Waals surface area contributed by atoms with Gasteiger partial charge in [-0.2, -0.15) is 10.1 Å². The Morgan fingerprint density at radius 1 is 1.53 bits per heavy atom. The van der Waals surface area contributed by atoms with E-state index in [4.69, 9.17) is 5.73 Å². The van der Waals surface area contributed by atoms with Gasteiger partial charge in [0.15, 0.2) is 0 Å². The Kier molecular flexibility index (Phi) is 3.27. The van der Waals surface area contributed by atoms with Crippen LogP contribution in [0.2, 0.25) is 0 Å². The summed E-state index contributed by atoms with van der Waals surface area (Å²) in [7, 11) is 1.79. The highest BCUT2D eigenvalue weighted by atomic mass is 16.6. The van der Waals surface area contributed by atoms with Gasteiger partial charge < -0.3 is 11.1 Å². The molecule has 2 rings (SSSR count). The van der Waals surface area contributed by atoms with Crippen LogP contribution in [-0.4, -0.2) is 24.7 Å². The molecule has 0 radical (unpaired) electrons. The molecule has 9 heteroatoms. The summed E-state index contributed by atoms with van der Waals surface area (Å²) in [5, 5.41) is 18.0. The molecule has 0 amide bonds.